The smallest absolute Gasteiger partial charge is 0.113 e. The second-order valence-corrected chi connectivity index (χ2v) is 7.27. The van der Waals surface area contributed by atoms with Crippen molar-refractivity contribution in [3.8, 4) is 11.3 Å². The van der Waals surface area contributed by atoms with E-state index in [9.17, 15) is 5.11 Å². The maximum Gasteiger partial charge on any atom is 0.113 e. The van der Waals surface area contributed by atoms with Gasteiger partial charge in [-0.05, 0) is 35.8 Å². The Hall–Kier alpha value is -1.92. The summed E-state index contributed by atoms with van der Waals surface area (Å²) in [5.74, 6) is 2.02. The zero-order valence-corrected chi connectivity index (χ0v) is 13.5. The molecule has 1 aromatic carbocycles. The molecule has 1 aliphatic heterocycles. The molecule has 0 radical (unpaired) electrons. The fourth-order valence-electron chi connectivity index (χ4n) is 3.06. The molecule has 0 bridgehead atoms. The highest BCUT2D eigenvalue weighted by atomic mass is 32.2. The minimum Gasteiger partial charge on any atom is -0.388 e. The molecule has 0 unspecified atom stereocenters. The van der Waals surface area contributed by atoms with Crippen molar-refractivity contribution in [2.75, 3.05) is 11.5 Å². The van der Waals surface area contributed by atoms with Crippen LogP contribution in [0.4, 0.5) is 0 Å². The van der Waals surface area contributed by atoms with Crippen LogP contribution in [0, 0.1) is 0 Å². The number of hydrogen-bond donors (Lipinski definition) is 1. The number of thioether (sulfide) groups is 1. The van der Waals surface area contributed by atoms with Crippen LogP contribution in [0.3, 0.4) is 0 Å². The summed E-state index contributed by atoms with van der Waals surface area (Å²) in [4.78, 5) is 4.16. The van der Waals surface area contributed by atoms with E-state index in [4.69, 9.17) is 0 Å². The number of fused-ring (bicyclic) bond motifs is 1. The van der Waals surface area contributed by atoms with Gasteiger partial charge in [0.15, 0.2) is 0 Å². The number of pyridine rings is 1. The largest absolute Gasteiger partial charge is 0.388 e. The van der Waals surface area contributed by atoms with Gasteiger partial charge in [0.25, 0.3) is 0 Å². The molecule has 0 spiro atoms. The van der Waals surface area contributed by atoms with E-state index in [1.54, 1.807) is 10.9 Å². The first-order valence-corrected chi connectivity index (χ1v) is 8.92. The second kappa shape index (κ2) is 5.94. The number of aromatic nitrogens is 4. The van der Waals surface area contributed by atoms with Crippen molar-refractivity contribution in [1.82, 2.24) is 20.0 Å². The van der Waals surface area contributed by atoms with Crippen molar-refractivity contribution >= 4 is 22.5 Å². The van der Waals surface area contributed by atoms with Crippen LogP contribution in [-0.2, 0) is 6.54 Å². The van der Waals surface area contributed by atoms with E-state index in [-0.39, 0.29) is 0 Å². The molecule has 23 heavy (non-hydrogen) atoms. The van der Waals surface area contributed by atoms with Gasteiger partial charge in [0.2, 0.25) is 0 Å². The maximum absolute atomic E-state index is 10.7. The van der Waals surface area contributed by atoms with Crippen molar-refractivity contribution in [2.45, 2.75) is 25.0 Å². The average molecular weight is 326 g/mol. The van der Waals surface area contributed by atoms with Crippen molar-refractivity contribution in [3.05, 3.63) is 42.9 Å². The van der Waals surface area contributed by atoms with Gasteiger partial charge in [-0.2, -0.15) is 11.8 Å². The van der Waals surface area contributed by atoms with E-state index in [0.29, 0.717) is 6.54 Å². The molecule has 0 atom stereocenters. The molecule has 1 aliphatic rings. The molecule has 0 aliphatic carbocycles. The SMILES string of the molecule is OC1(Cn2cc(-c3cccc4cnccc34)nn2)CCSCC1. The molecule has 0 amide bonds. The van der Waals surface area contributed by atoms with Gasteiger partial charge in [0, 0.05) is 23.3 Å². The number of nitrogens with zero attached hydrogens (tertiary/aromatic N) is 4. The van der Waals surface area contributed by atoms with Crippen LogP contribution in [0.25, 0.3) is 22.0 Å². The van der Waals surface area contributed by atoms with Crippen molar-refractivity contribution in [1.29, 1.82) is 0 Å². The van der Waals surface area contributed by atoms with Crippen LogP contribution >= 0.6 is 11.8 Å². The zero-order valence-electron chi connectivity index (χ0n) is 12.7. The second-order valence-electron chi connectivity index (χ2n) is 6.04. The van der Waals surface area contributed by atoms with Crippen LogP contribution < -0.4 is 0 Å². The summed E-state index contributed by atoms with van der Waals surface area (Å²) in [6.45, 7) is 0.507. The quantitative estimate of drug-likeness (QED) is 0.802. The fraction of sp³-hybridized carbons (Fsp3) is 0.353. The van der Waals surface area contributed by atoms with Crippen LogP contribution in [-0.4, -0.2) is 42.2 Å². The molecule has 2 aromatic heterocycles. The highest BCUT2D eigenvalue weighted by Crippen LogP contribution is 2.29. The van der Waals surface area contributed by atoms with Crippen LogP contribution in [0.2, 0.25) is 0 Å². The minimum atomic E-state index is -0.654. The number of rotatable bonds is 3. The van der Waals surface area contributed by atoms with Crippen LogP contribution in [0.5, 0.6) is 0 Å². The Morgan fingerprint density at radius 2 is 2.09 bits per heavy atom. The molecule has 1 fully saturated rings. The van der Waals surface area contributed by atoms with Gasteiger partial charge in [-0.1, -0.05) is 23.4 Å². The van der Waals surface area contributed by atoms with Gasteiger partial charge in [-0.3, -0.25) is 4.98 Å². The van der Waals surface area contributed by atoms with Crippen molar-refractivity contribution in [2.24, 2.45) is 0 Å². The average Bonchev–Trinajstić information content (AvgIpc) is 3.02. The molecule has 0 saturated carbocycles. The third-order valence-corrected chi connectivity index (χ3v) is 5.36. The Morgan fingerprint density at radius 1 is 1.22 bits per heavy atom. The Balaban J connectivity index is 1.64. The predicted octanol–water partition coefficient (Wildman–Crippen LogP) is 2.75. The standard InChI is InChI=1S/C17H18N4OS/c22-17(5-8-23-9-6-17)12-21-11-16(19-20-21)15-3-1-2-13-10-18-7-4-14(13)15/h1-4,7,10-11,22H,5-6,8-9,12H2. The number of hydrogen-bond acceptors (Lipinski definition) is 5. The Labute approximate surface area is 138 Å². The third-order valence-electron chi connectivity index (χ3n) is 4.38. The summed E-state index contributed by atoms with van der Waals surface area (Å²) in [5.41, 5.74) is 1.22. The normalized spacial score (nSPS) is 17.4. The molecule has 118 valence electrons. The van der Waals surface area contributed by atoms with E-state index in [1.165, 1.54) is 0 Å². The van der Waals surface area contributed by atoms with Gasteiger partial charge in [0.1, 0.15) is 5.69 Å². The van der Waals surface area contributed by atoms with E-state index >= 15 is 0 Å². The molecule has 5 nitrogen and oxygen atoms in total. The first kappa shape index (κ1) is 14.7. The molecule has 1 N–H and O–H groups in total. The first-order chi connectivity index (χ1) is 11.2. The minimum absolute atomic E-state index is 0.507. The molecule has 6 heteroatoms. The van der Waals surface area contributed by atoms with Crippen molar-refractivity contribution in [3.63, 3.8) is 0 Å². The third kappa shape index (κ3) is 2.96. The van der Waals surface area contributed by atoms with Crippen LogP contribution in [0.1, 0.15) is 12.8 Å². The summed E-state index contributed by atoms with van der Waals surface area (Å²) in [5, 5.41) is 21.4. The van der Waals surface area contributed by atoms with Crippen molar-refractivity contribution < 1.29 is 5.11 Å². The molecular weight excluding hydrogens is 308 g/mol. The zero-order chi connectivity index (χ0) is 15.7. The summed E-state index contributed by atoms with van der Waals surface area (Å²) >= 11 is 1.90. The lowest BCUT2D eigenvalue weighted by atomic mass is 9.97. The fourth-order valence-corrected chi connectivity index (χ4v) is 4.31. The lowest BCUT2D eigenvalue weighted by Gasteiger charge is -2.31. The summed E-state index contributed by atoms with van der Waals surface area (Å²) < 4.78 is 1.77. The van der Waals surface area contributed by atoms with E-state index < -0.39 is 5.60 Å². The summed E-state index contributed by atoms with van der Waals surface area (Å²) in [7, 11) is 0. The van der Waals surface area contributed by atoms with E-state index in [1.807, 2.05) is 48.4 Å². The molecule has 1 saturated heterocycles. The Bertz CT molecular complexity index is 821. The van der Waals surface area contributed by atoms with Gasteiger partial charge in [-0.15, -0.1) is 5.10 Å². The van der Waals surface area contributed by atoms with E-state index in [2.05, 4.69) is 15.3 Å². The molecular formula is C17H18N4OS. The number of benzene rings is 1. The highest BCUT2D eigenvalue weighted by Gasteiger charge is 2.30. The molecule has 3 aromatic rings. The topological polar surface area (TPSA) is 63.8 Å². The van der Waals surface area contributed by atoms with Gasteiger partial charge >= 0.3 is 0 Å². The monoisotopic (exact) mass is 326 g/mol. The lowest BCUT2D eigenvalue weighted by molar-refractivity contribution is 0.0111. The maximum atomic E-state index is 10.7. The molecule has 3 heterocycles. The predicted molar refractivity (Wildman–Crippen MR) is 92.3 cm³/mol. The Morgan fingerprint density at radius 3 is 2.96 bits per heavy atom. The summed E-state index contributed by atoms with van der Waals surface area (Å²) in [6.07, 6.45) is 7.19. The number of aliphatic hydroxyl groups is 1. The first-order valence-electron chi connectivity index (χ1n) is 7.77. The summed E-state index contributed by atoms with van der Waals surface area (Å²) in [6, 6.07) is 8.08. The highest BCUT2D eigenvalue weighted by molar-refractivity contribution is 7.99. The van der Waals surface area contributed by atoms with Crippen LogP contribution in [0.15, 0.2) is 42.9 Å². The van der Waals surface area contributed by atoms with Gasteiger partial charge in [0.05, 0.1) is 18.3 Å². The van der Waals surface area contributed by atoms with Gasteiger partial charge in [-0.25, -0.2) is 4.68 Å². The lowest BCUT2D eigenvalue weighted by Crippen LogP contribution is -2.38. The van der Waals surface area contributed by atoms with E-state index in [0.717, 1.165) is 46.4 Å². The molecule has 4 rings (SSSR count). The van der Waals surface area contributed by atoms with Gasteiger partial charge < -0.3 is 5.11 Å². The Kier molecular flexibility index (Phi) is 3.79.